The minimum absolute atomic E-state index is 0.444. The van der Waals surface area contributed by atoms with E-state index in [0.717, 1.165) is 19.0 Å². The molecule has 0 aromatic carbocycles. The van der Waals surface area contributed by atoms with Crippen LogP contribution in [-0.2, 0) is 4.74 Å². The maximum absolute atomic E-state index is 6.18. The van der Waals surface area contributed by atoms with Gasteiger partial charge in [0.2, 0.25) is 0 Å². The fraction of sp³-hybridized carbons (Fsp3) is 1.00. The molecule has 3 heteroatoms. The summed E-state index contributed by atoms with van der Waals surface area (Å²) in [5.41, 5.74) is 0. The number of rotatable bonds is 7. The second kappa shape index (κ2) is 8.35. The van der Waals surface area contributed by atoms with Gasteiger partial charge in [0.25, 0.3) is 0 Å². The van der Waals surface area contributed by atoms with E-state index in [1.165, 1.54) is 51.6 Å². The maximum Gasteiger partial charge on any atom is 0.0707 e. The molecule has 20 heavy (non-hydrogen) atoms. The Kier molecular flexibility index (Phi) is 6.79. The summed E-state index contributed by atoms with van der Waals surface area (Å²) in [7, 11) is 0. The molecule has 2 aliphatic rings. The van der Waals surface area contributed by atoms with Crippen molar-refractivity contribution in [2.24, 2.45) is 5.92 Å². The van der Waals surface area contributed by atoms with E-state index in [9.17, 15) is 0 Å². The summed E-state index contributed by atoms with van der Waals surface area (Å²) in [6, 6.07) is 0.565. The summed E-state index contributed by atoms with van der Waals surface area (Å²) in [5.74, 6) is 0.990. The van der Waals surface area contributed by atoms with Crippen molar-refractivity contribution in [1.82, 2.24) is 10.2 Å². The summed E-state index contributed by atoms with van der Waals surface area (Å²) in [6.45, 7) is 11.5. The Bertz CT molecular complexity index is 262. The average Bonchev–Trinajstić information content (AvgIpc) is 2.87. The number of piperidine rings is 1. The van der Waals surface area contributed by atoms with Gasteiger partial charge in [-0.2, -0.15) is 0 Å². The van der Waals surface area contributed by atoms with Gasteiger partial charge in [0.05, 0.1) is 12.2 Å². The fourth-order valence-electron chi connectivity index (χ4n) is 3.59. The van der Waals surface area contributed by atoms with Crippen LogP contribution < -0.4 is 5.32 Å². The topological polar surface area (TPSA) is 24.5 Å². The zero-order valence-electron chi connectivity index (χ0n) is 13.7. The normalized spacial score (nSPS) is 29.4. The molecule has 0 aliphatic carbocycles. The summed E-state index contributed by atoms with van der Waals surface area (Å²) in [6.07, 6.45) is 8.99. The molecular formula is C17H34N2O. The highest BCUT2D eigenvalue weighted by atomic mass is 16.5. The molecule has 2 rings (SSSR count). The lowest BCUT2D eigenvalue weighted by Crippen LogP contribution is -2.39. The minimum Gasteiger partial charge on any atom is -0.372 e. The largest absolute Gasteiger partial charge is 0.372 e. The van der Waals surface area contributed by atoms with Crippen molar-refractivity contribution in [2.75, 3.05) is 26.2 Å². The van der Waals surface area contributed by atoms with Crippen molar-refractivity contribution in [3.8, 4) is 0 Å². The first-order valence-corrected chi connectivity index (χ1v) is 8.78. The van der Waals surface area contributed by atoms with Gasteiger partial charge in [0.15, 0.2) is 0 Å². The molecule has 3 nitrogen and oxygen atoms in total. The summed E-state index contributed by atoms with van der Waals surface area (Å²) < 4.78 is 6.18. The Morgan fingerprint density at radius 2 is 1.80 bits per heavy atom. The third-order valence-electron chi connectivity index (χ3n) is 4.82. The molecule has 118 valence electrons. The third-order valence-corrected chi connectivity index (χ3v) is 4.82. The molecule has 0 bridgehead atoms. The molecule has 0 aromatic heterocycles. The number of likely N-dealkylation sites (tertiary alicyclic amines) is 1. The van der Waals surface area contributed by atoms with Crippen LogP contribution in [0.15, 0.2) is 0 Å². The SMILES string of the molecule is CCCC1CCN(CC2CCC(CNC(C)C)O2)CC1. The molecule has 0 spiro atoms. The molecular weight excluding hydrogens is 248 g/mol. The van der Waals surface area contributed by atoms with E-state index in [-0.39, 0.29) is 0 Å². The van der Waals surface area contributed by atoms with Gasteiger partial charge < -0.3 is 15.0 Å². The van der Waals surface area contributed by atoms with Crippen LogP contribution in [0, 0.1) is 5.92 Å². The molecule has 0 aromatic rings. The summed E-state index contributed by atoms with van der Waals surface area (Å²) >= 11 is 0. The zero-order chi connectivity index (χ0) is 14.4. The number of hydrogen-bond donors (Lipinski definition) is 1. The first kappa shape index (κ1) is 16.3. The molecule has 0 saturated carbocycles. The lowest BCUT2D eigenvalue weighted by atomic mass is 9.92. The monoisotopic (exact) mass is 282 g/mol. The minimum atomic E-state index is 0.444. The van der Waals surface area contributed by atoms with Crippen molar-refractivity contribution in [2.45, 2.75) is 77.5 Å². The quantitative estimate of drug-likeness (QED) is 0.777. The van der Waals surface area contributed by atoms with E-state index in [0.29, 0.717) is 18.2 Å². The first-order chi connectivity index (χ1) is 9.67. The smallest absolute Gasteiger partial charge is 0.0707 e. The number of nitrogens with zero attached hydrogens (tertiary/aromatic N) is 1. The van der Waals surface area contributed by atoms with E-state index < -0.39 is 0 Å². The summed E-state index contributed by atoms with van der Waals surface area (Å²) in [5, 5.41) is 3.49. The molecule has 2 atom stereocenters. The second-order valence-corrected chi connectivity index (χ2v) is 7.05. The van der Waals surface area contributed by atoms with Crippen molar-refractivity contribution in [1.29, 1.82) is 0 Å². The van der Waals surface area contributed by atoms with E-state index in [1.807, 2.05) is 0 Å². The van der Waals surface area contributed by atoms with Gasteiger partial charge in [-0.1, -0.05) is 33.6 Å². The van der Waals surface area contributed by atoms with Gasteiger partial charge in [-0.3, -0.25) is 0 Å². The predicted octanol–water partition coefficient (Wildman–Crippen LogP) is 3.04. The van der Waals surface area contributed by atoms with Crippen LogP contribution in [0.3, 0.4) is 0 Å². The molecule has 2 heterocycles. The molecule has 2 saturated heterocycles. The zero-order valence-corrected chi connectivity index (χ0v) is 13.7. The first-order valence-electron chi connectivity index (χ1n) is 8.78. The average molecular weight is 282 g/mol. The van der Waals surface area contributed by atoms with E-state index in [1.54, 1.807) is 0 Å². The highest BCUT2D eigenvalue weighted by molar-refractivity contribution is 4.80. The van der Waals surface area contributed by atoms with Crippen molar-refractivity contribution < 1.29 is 4.74 Å². The third kappa shape index (κ3) is 5.34. The molecule has 1 N–H and O–H groups in total. The van der Waals surface area contributed by atoms with Crippen LogP contribution in [0.1, 0.15) is 59.3 Å². The van der Waals surface area contributed by atoms with Crippen LogP contribution in [-0.4, -0.2) is 49.3 Å². The van der Waals surface area contributed by atoms with Gasteiger partial charge in [-0.15, -0.1) is 0 Å². The van der Waals surface area contributed by atoms with Crippen LogP contribution in [0.2, 0.25) is 0 Å². The van der Waals surface area contributed by atoms with E-state index in [2.05, 4.69) is 31.0 Å². The van der Waals surface area contributed by atoms with Gasteiger partial charge in [-0.25, -0.2) is 0 Å². The Morgan fingerprint density at radius 3 is 2.45 bits per heavy atom. The van der Waals surface area contributed by atoms with Crippen LogP contribution in [0.4, 0.5) is 0 Å². The molecule has 2 aliphatic heterocycles. The van der Waals surface area contributed by atoms with E-state index in [4.69, 9.17) is 4.74 Å². The van der Waals surface area contributed by atoms with Gasteiger partial charge in [0.1, 0.15) is 0 Å². The predicted molar refractivity (Wildman–Crippen MR) is 85.1 cm³/mol. The van der Waals surface area contributed by atoms with Crippen molar-refractivity contribution in [3.05, 3.63) is 0 Å². The Morgan fingerprint density at radius 1 is 1.10 bits per heavy atom. The molecule has 0 amide bonds. The van der Waals surface area contributed by atoms with Crippen molar-refractivity contribution in [3.63, 3.8) is 0 Å². The molecule has 2 fully saturated rings. The Hall–Kier alpha value is -0.120. The van der Waals surface area contributed by atoms with Gasteiger partial charge in [0, 0.05) is 19.1 Å². The Labute approximate surface area is 125 Å². The number of ether oxygens (including phenoxy) is 1. The number of hydrogen-bond acceptors (Lipinski definition) is 3. The van der Waals surface area contributed by atoms with Gasteiger partial charge in [-0.05, 0) is 44.7 Å². The van der Waals surface area contributed by atoms with Crippen LogP contribution in [0.5, 0.6) is 0 Å². The van der Waals surface area contributed by atoms with Crippen molar-refractivity contribution >= 4 is 0 Å². The molecule has 2 unspecified atom stereocenters. The highest BCUT2D eigenvalue weighted by Gasteiger charge is 2.28. The van der Waals surface area contributed by atoms with Crippen LogP contribution >= 0.6 is 0 Å². The molecule has 0 radical (unpaired) electrons. The summed E-state index contributed by atoms with van der Waals surface area (Å²) in [4.78, 5) is 2.63. The highest BCUT2D eigenvalue weighted by Crippen LogP contribution is 2.25. The Balaban J connectivity index is 1.61. The van der Waals surface area contributed by atoms with Crippen LogP contribution in [0.25, 0.3) is 0 Å². The number of nitrogens with one attached hydrogen (secondary N) is 1. The maximum atomic E-state index is 6.18. The fourth-order valence-corrected chi connectivity index (χ4v) is 3.59. The lowest BCUT2D eigenvalue weighted by molar-refractivity contribution is 0.0157. The van der Waals surface area contributed by atoms with Gasteiger partial charge >= 0.3 is 0 Å². The standard InChI is InChI=1S/C17H34N2O/c1-4-5-15-8-10-19(11-9-15)13-17-7-6-16(20-17)12-18-14(2)3/h14-18H,4-13H2,1-3H3. The lowest BCUT2D eigenvalue weighted by Gasteiger charge is -2.33. The second-order valence-electron chi connectivity index (χ2n) is 7.05. The van der Waals surface area contributed by atoms with E-state index >= 15 is 0 Å².